The molecule has 0 saturated heterocycles. The van der Waals surface area contributed by atoms with Gasteiger partial charge in [0, 0.05) is 35.5 Å². The van der Waals surface area contributed by atoms with E-state index in [-0.39, 0.29) is 37.0 Å². The lowest BCUT2D eigenvalue weighted by Gasteiger charge is -2.62. The van der Waals surface area contributed by atoms with Crippen molar-refractivity contribution in [3.05, 3.63) is 23.6 Å². The Balaban J connectivity index is 1.82. The molecule has 4 rings (SSSR count). The Morgan fingerprint density at radius 1 is 1.27 bits per heavy atom. The van der Waals surface area contributed by atoms with Crippen LogP contribution in [0, 0.1) is 45.3 Å². The van der Waals surface area contributed by atoms with E-state index in [9.17, 15) is 19.5 Å². The van der Waals surface area contributed by atoms with Gasteiger partial charge in [0.05, 0.1) is 6.10 Å². The Morgan fingerprint density at radius 3 is 2.52 bits per heavy atom. The number of allylic oxidation sites excluding steroid dienone is 4. The van der Waals surface area contributed by atoms with Crippen LogP contribution in [0.1, 0.15) is 74.1 Å². The van der Waals surface area contributed by atoms with Crippen LogP contribution in [0.5, 0.6) is 0 Å². The second kappa shape index (κ2) is 9.64. The van der Waals surface area contributed by atoms with E-state index in [1.807, 2.05) is 20.8 Å². The van der Waals surface area contributed by atoms with Gasteiger partial charge in [-0.2, -0.15) is 5.26 Å². The first kappa shape index (κ1) is 30.2. The second-order valence-electron chi connectivity index (χ2n) is 13.5. The molecular weight excluding hydrogens is 524 g/mol. The molecule has 0 aromatic heterocycles. The number of aliphatic hydroxyl groups excluding tert-OH is 1. The van der Waals surface area contributed by atoms with E-state index in [4.69, 9.17) is 19.5 Å². The maximum Gasteiger partial charge on any atom is 0.509 e. The maximum atomic E-state index is 17.5. The zero-order chi connectivity index (χ0) is 30.1. The number of rotatable bonds is 4. The van der Waals surface area contributed by atoms with Crippen LogP contribution in [0.15, 0.2) is 23.6 Å². The number of alkyl halides is 1. The summed E-state index contributed by atoms with van der Waals surface area (Å²) >= 11 is 0. The van der Waals surface area contributed by atoms with Gasteiger partial charge in [0.25, 0.3) is 0 Å². The summed E-state index contributed by atoms with van der Waals surface area (Å²) in [7, 11) is 0. The Bertz CT molecular complexity index is 1220. The number of carbonyl (C=O) groups is 3. The molecule has 0 aliphatic heterocycles. The highest BCUT2D eigenvalue weighted by atomic mass is 19.1. The topological polar surface area (TPSA) is 123 Å². The highest BCUT2D eigenvalue weighted by molar-refractivity contribution is 5.93. The van der Waals surface area contributed by atoms with Crippen molar-refractivity contribution in [3.63, 3.8) is 0 Å². The summed E-state index contributed by atoms with van der Waals surface area (Å²) in [6.45, 7) is 11.4. The van der Waals surface area contributed by atoms with Gasteiger partial charge in [-0.3, -0.25) is 4.79 Å². The quantitative estimate of drug-likeness (QED) is 0.458. The van der Waals surface area contributed by atoms with Crippen molar-refractivity contribution in [2.45, 2.75) is 97.6 Å². The van der Waals surface area contributed by atoms with Crippen molar-refractivity contribution >= 4 is 17.9 Å². The SMILES string of the molecule is CC(OC(=O)O[C@]1(C(=O)OCC#N)[C@H](C)C[C@H]2[C@@H]3CC(F)=C4CC(=O)C=C[C@]4(C)[C@@]3(F)[C@@H](O)C[C@@]21C)C(C)(C)C. The molecule has 8 nitrogen and oxygen atoms in total. The molecule has 0 amide bonds. The molecule has 0 aromatic rings. The predicted octanol–water partition coefficient (Wildman–Crippen LogP) is 5.29. The zero-order valence-corrected chi connectivity index (χ0v) is 24.2. The van der Waals surface area contributed by atoms with Crippen molar-refractivity contribution in [1.82, 2.24) is 0 Å². The van der Waals surface area contributed by atoms with Gasteiger partial charge in [-0.1, -0.05) is 40.7 Å². The average molecular weight is 564 g/mol. The number of ketones is 1. The van der Waals surface area contributed by atoms with E-state index in [1.165, 1.54) is 19.1 Å². The van der Waals surface area contributed by atoms with Crippen molar-refractivity contribution in [2.75, 3.05) is 6.61 Å². The number of esters is 1. The highest BCUT2D eigenvalue weighted by Crippen LogP contribution is 2.71. The average Bonchev–Trinajstić information content (AvgIpc) is 3.07. The van der Waals surface area contributed by atoms with Crippen molar-refractivity contribution < 1.29 is 42.5 Å². The first-order chi connectivity index (χ1) is 18.4. The monoisotopic (exact) mass is 563 g/mol. The number of nitriles is 1. The Hall–Kier alpha value is -2.80. The first-order valence-electron chi connectivity index (χ1n) is 13.8. The van der Waals surface area contributed by atoms with Crippen LogP contribution in [-0.4, -0.2) is 53.1 Å². The van der Waals surface area contributed by atoms with Gasteiger partial charge in [-0.05, 0) is 49.7 Å². The van der Waals surface area contributed by atoms with Crippen LogP contribution in [-0.2, 0) is 23.8 Å². The van der Waals surface area contributed by atoms with E-state index in [1.54, 1.807) is 26.8 Å². The second-order valence-corrected chi connectivity index (χ2v) is 13.5. The summed E-state index contributed by atoms with van der Waals surface area (Å²) in [5, 5.41) is 20.7. The molecule has 10 heteroatoms. The summed E-state index contributed by atoms with van der Waals surface area (Å²) in [6.07, 6.45) is -1.65. The zero-order valence-electron chi connectivity index (χ0n) is 24.2. The minimum Gasteiger partial charge on any atom is -0.447 e. The standard InChI is InChI=1S/C30H39F2NO7/c1-16-12-19-20-14-22(31)21-13-18(34)8-9-27(21,6)29(20,32)23(35)15-28(19,7)30(16,24(36)38-11-10-33)40-25(37)39-17(2)26(3,4)5/h8-9,16-17,19-20,23,35H,11-15H2,1-7H3/t16-,17?,19+,20+,23+,27+,28+,29+,30+/m1/s1. The van der Waals surface area contributed by atoms with Crippen LogP contribution in [0.4, 0.5) is 13.6 Å². The number of fused-ring (bicyclic) bond motifs is 5. The summed E-state index contributed by atoms with van der Waals surface area (Å²) in [5.41, 5.74) is -7.78. The molecule has 1 unspecified atom stereocenters. The summed E-state index contributed by atoms with van der Waals surface area (Å²) in [5.74, 6) is -4.52. The van der Waals surface area contributed by atoms with Gasteiger partial charge in [0.1, 0.15) is 18.0 Å². The molecule has 2 saturated carbocycles. The van der Waals surface area contributed by atoms with E-state index >= 15 is 8.78 Å². The van der Waals surface area contributed by atoms with E-state index in [0.717, 1.165) is 0 Å². The molecule has 4 aliphatic carbocycles. The highest BCUT2D eigenvalue weighted by Gasteiger charge is 2.78. The van der Waals surface area contributed by atoms with Gasteiger partial charge >= 0.3 is 12.1 Å². The maximum absolute atomic E-state index is 17.5. The van der Waals surface area contributed by atoms with Crippen molar-refractivity contribution in [2.24, 2.45) is 34.0 Å². The summed E-state index contributed by atoms with van der Waals surface area (Å²) < 4.78 is 49.8. The van der Waals surface area contributed by atoms with Gasteiger partial charge in [0.2, 0.25) is 5.60 Å². The van der Waals surface area contributed by atoms with E-state index in [0.29, 0.717) is 0 Å². The van der Waals surface area contributed by atoms with Gasteiger partial charge < -0.3 is 19.3 Å². The van der Waals surface area contributed by atoms with Crippen LogP contribution in [0.25, 0.3) is 0 Å². The summed E-state index contributed by atoms with van der Waals surface area (Å²) in [6, 6.07) is 1.73. The number of carbonyl (C=O) groups excluding carboxylic acids is 3. The smallest absolute Gasteiger partial charge is 0.447 e. The fourth-order valence-electron chi connectivity index (χ4n) is 7.87. The minimum absolute atomic E-state index is 0.0307. The molecule has 0 spiro atoms. The molecule has 0 bridgehead atoms. The van der Waals surface area contributed by atoms with Crippen molar-refractivity contribution in [3.8, 4) is 6.07 Å². The number of hydrogen-bond donors (Lipinski definition) is 1. The normalized spacial score (nSPS) is 41.3. The predicted molar refractivity (Wildman–Crippen MR) is 139 cm³/mol. The fourth-order valence-corrected chi connectivity index (χ4v) is 7.87. The third-order valence-corrected chi connectivity index (χ3v) is 10.5. The van der Waals surface area contributed by atoms with Crippen LogP contribution in [0.3, 0.4) is 0 Å². The number of ether oxygens (including phenoxy) is 3. The third-order valence-electron chi connectivity index (χ3n) is 10.5. The molecule has 0 heterocycles. The lowest BCUT2D eigenvalue weighted by Crippen LogP contribution is -2.70. The number of halogens is 2. The lowest BCUT2D eigenvalue weighted by molar-refractivity contribution is -0.229. The van der Waals surface area contributed by atoms with Gasteiger partial charge in [0.15, 0.2) is 18.1 Å². The molecule has 220 valence electrons. The van der Waals surface area contributed by atoms with Crippen LogP contribution < -0.4 is 0 Å². The molecule has 0 radical (unpaired) electrons. The number of hydrogen-bond acceptors (Lipinski definition) is 8. The Labute approximate surface area is 233 Å². The minimum atomic E-state index is -2.35. The van der Waals surface area contributed by atoms with Crippen LogP contribution in [0.2, 0.25) is 0 Å². The first-order valence-corrected chi connectivity index (χ1v) is 13.8. The molecule has 1 N–H and O–H groups in total. The Kier molecular flexibility index (Phi) is 7.27. The molecule has 4 aliphatic rings. The Morgan fingerprint density at radius 2 is 1.93 bits per heavy atom. The largest absolute Gasteiger partial charge is 0.509 e. The van der Waals surface area contributed by atoms with E-state index < -0.39 is 82.0 Å². The molecular formula is C30H39F2NO7. The lowest BCUT2D eigenvalue weighted by atomic mass is 9.45. The molecule has 2 fully saturated rings. The molecule has 40 heavy (non-hydrogen) atoms. The molecule has 0 aromatic carbocycles. The van der Waals surface area contributed by atoms with Crippen LogP contribution >= 0.6 is 0 Å². The van der Waals surface area contributed by atoms with E-state index in [2.05, 4.69) is 0 Å². The van der Waals surface area contributed by atoms with Gasteiger partial charge in [-0.15, -0.1) is 0 Å². The fraction of sp³-hybridized carbons (Fsp3) is 0.733. The number of nitrogens with zero attached hydrogens (tertiary/aromatic N) is 1. The summed E-state index contributed by atoms with van der Waals surface area (Å²) in [4.78, 5) is 39.0. The number of aliphatic hydroxyl groups is 1. The third kappa shape index (κ3) is 4.02. The molecule has 9 atom stereocenters. The van der Waals surface area contributed by atoms with Crippen molar-refractivity contribution in [1.29, 1.82) is 5.26 Å². The van der Waals surface area contributed by atoms with Gasteiger partial charge in [-0.25, -0.2) is 18.4 Å².